The van der Waals surface area contributed by atoms with Crippen molar-refractivity contribution < 1.29 is 24.1 Å². The Morgan fingerprint density at radius 3 is 2.72 bits per heavy atom. The standard InChI is InChI=1S/C13H12O5/c14-12-4-3-10(18-12)13(15)8-1-2-9-11(7-8)17-6-5-16-9/h1-4,7,10,13,15H,5-6H2/t10?,13-/m1/s1. The van der Waals surface area contributed by atoms with E-state index in [9.17, 15) is 9.90 Å². The van der Waals surface area contributed by atoms with Crippen molar-refractivity contribution in [2.24, 2.45) is 0 Å². The van der Waals surface area contributed by atoms with E-state index in [1.807, 2.05) is 0 Å². The van der Waals surface area contributed by atoms with Crippen molar-refractivity contribution in [3.63, 3.8) is 0 Å². The minimum absolute atomic E-state index is 0.434. The first-order valence-electron chi connectivity index (χ1n) is 5.70. The third kappa shape index (κ3) is 1.93. The van der Waals surface area contributed by atoms with Crippen LogP contribution in [-0.2, 0) is 9.53 Å². The average Bonchev–Trinajstić information content (AvgIpc) is 2.84. The Bertz CT molecular complexity index is 508. The van der Waals surface area contributed by atoms with Crippen molar-refractivity contribution in [3.8, 4) is 11.5 Å². The maximum Gasteiger partial charge on any atom is 0.331 e. The van der Waals surface area contributed by atoms with Gasteiger partial charge in [0.25, 0.3) is 0 Å². The lowest BCUT2D eigenvalue weighted by atomic mass is 10.0. The van der Waals surface area contributed by atoms with Crippen molar-refractivity contribution in [2.45, 2.75) is 12.2 Å². The van der Waals surface area contributed by atoms with Gasteiger partial charge in [0, 0.05) is 6.08 Å². The van der Waals surface area contributed by atoms with Gasteiger partial charge in [-0.3, -0.25) is 0 Å². The lowest BCUT2D eigenvalue weighted by molar-refractivity contribution is -0.142. The third-order valence-electron chi connectivity index (χ3n) is 2.89. The zero-order valence-corrected chi connectivity index (χ0v) is 9.54. The molecule has 0 spiro atoms. The number of cyclic esters (lactones) is 1. The van der Waals surface area contributed by atoms with Gasteiger partial charge in [-0.2, -0.15) is 0 Å². The molecule has 1 aromatic rings. The molecule has 2 heterocycles. The monoisotopic (exact) mass is 248 g/mol. The number of hydrogen-bond donors (Lipinski definition) is 1. The summed E-state index contributed by atoms with van der Waals surface area (Å²) in [6, 6.07) is 5.19. The molecule has 0 fully saturated rings. The van der Waals surface area contributed by atoms with Crippen molar-refractivity contribution in [3.05, 3.63) is 35.9 Å². The molecule has 0 saturated heterocycles. The van der Waals surface area contributed by atoms with E-state index < -0.39 is 18.2 Å². The topological polar surface area (TPSA) is 65.0 Å². The zero-order chi connectivity index (χ0) is 12.5. The molecule has 1 aromatic carbocycles. The molecule has 5 heteroatoms. The van der Waals surface area contributed by atoms with Crippen LogP contribution in [0.1, 0.15) is 11.7 Å². The first-order chi connectivity index (χ1) is 8.74. The Kier molecular flexibility index (Phi) is 2.68. The molecule has 0 bridgehead atoms. The molecule has 94 valence electrons. The summed E-state index contributed by atoms with van der Waals surface area (Å²) in [5.41, 5.74) is 0.628. The molecule has 0 aromatic heterocycles. The second kappa shape index (κ2) is 4.34. The zero-order valence-electron chi connectivity index (χ0n) is 9.54. The lowest BCUT2D eigenvalue weighted by Gasteiger charge is -2.21. The van der Waals surface area contributed by atoms with Crippen molar-refractivity contribution >= 4 is 5.97 Å². The third-order valence-corrected chi connectivity index (χ3v) is 2.89. The molecule has 0 saturated carbocycles. The molecule has 2 aliphatic heterocycles. The highest BCUT2D eigenvalue weighted by Gasteiger charge is 2.27. The van der Waals surface area contributed by atoms with Crippen LogP contribution in [-0.4, -0.2) is 30.4 Å². The number of aliphatic hydroxyl groups is 1. The van der Waals surface area contributed by atoms with Gasteiger partial charge in [-0.1, -0.05) is 6.07 Å². The number of ether oxygens (including phenoxy) is 3. The molecule has 0 radical (unpaired) electrons. The SMILES string of the molecule is O=C1C=CC([C@H](O)c2ccc3c(c2)OCCO3)O1. The summed E-state index contributed by atoms with van der Waals surface area (Å²) in [5.74, 6) is 0.832. The Morgan fingerprint density at radius 1 is 1.22 bits per heavy atom. The van der Waals surface area contributed by atoms with Crippen LogP contribution in [0.15, 0.2) is 30.4 Å². The molecule has 18 heavy (non-hydrogen) atoms. The van der Waals surface area contributed by atoms with Crippen molar-refractivity contribution in [2.75, 3.05) is 13.2 Å². The van der Waals surface area contributed by atoms with Crippen molar-refractivity contribution in [1.29, 1.82) is 0 Å². The van der Waals surface area contributed by atoms with Crippen LogP contribution >= 0.6 is 0 Å². The minimum atomic E-state index is -0.900. The Hall–Kier alpha value is -2.01. The fourth-order valence-electron chi connectivity index (χ4n) is 1.99. The molecular formula is C13H12O5. The van der Waals surface area contributed by atoms with Crippen LogP contribution in [0.2, 0.25) is 0 Å². The highest BCUT2D eigenvalue weighted by Crippen LogP contribution is 2.34. The van der Waals surface area contributed by atoms with Crippen LogP contribution < -0.4 is 9.47 Å². The maximum absolute atomic E-state index is 11.0. The van der Waals surface area contributed by atoms with E-state index in [1.54, 1.807) is 24.3 Å². The van der Waals surface area contributed by atoms with Crippen LogP contribution in [0.3, 0.4) is 0 Å². The second-order valence-corrected chi connectivity index (χ2v) is 4.11. The summed E-state index contributed by atoms with van der Waals surface area (Å²) in [5, 5.41) is 10.1. The summed E-state index contributed by atoms with van der Waals surface area (Å²) >= 11 is 0. The largest absolute Gasteiger partial charge is 0.486 e. The molecular weight excluding hydrogens is 236 g/mol. The lowest BCUT2D eigenvalue weighted by Crippen LogP contribution is -2.19. The van der Waals surface area contributed by atoms with Gasteiger partial charge in [0.1, 0.15) is 19.3 Å². The van der Waals surface area contributed by atoms with E-state index in [2.05, 4.69) is 0 Å². The predicted molar refractivity (Wildman–Crippen MR) is 61.4 cm³/mol. The fraction of sp³-hybridized carbons (Fsp3) is 0.308. The quantitative estimate of drug-likeness (QED) is 0.790. The summed E-state index contributed by atoms with van der Waals surface area (Å²) in [4.78, 5) is 11.0. The van der Waals surface area contributed by atoms with Gasteiger partial charge in [-0.15, -0.1) is 0 Å². The molecule has 0 amide bonds. The van der Waals surface area contributed by atoms with Gasteiger partial charge in [0.2, 0.25) is 0 Å². The summed E-state index contributed by atoms with van der Waals surface area (Å²) < 4.78 is 15.8. The number of benzene rings is 1. The molecule has 1 N–H and O–H groups in total. The highest BCUT2D eigenvalue weighted by atomic mass is 16.6. The molecule has 0 aliphatic carbocycles. The first-order valence-corrected chi connectivity index (χ1v) is 5.70. The number of aliphatic hydroxyl groups excluding tert-OH is 1. The fourth-order valence-corrected chi connectivity index (χ4v) is 1.99. The first kappa shape index (κ1) is 11.1. The number of esters is 1. The van der Waals surface area contributed by atoms with Gasteiger partial charge in [-0.25, -0.2) is 4.79 Å². The summed E-state index contributed by atoms with van der Waals surface area (Å²) in [6.45, 7) is 1.02. The Labute approximate surface area is 104 Å². The number of carbonyl (C=O) groups excluding carboxylic acids is 1. The van der Waals surface area contributed by atoms with E-state index >= 15 is 0 Å². The molecule has 3 rings (SSSR count). The van der Waals surface area contributed by atoms with Gasteiger partial charge >= 0.3 is 5.97 Å². The molecule has 1 unspecified atom stereocenters. The molecule has 2 aliphatic rings. The van der Waals surface area contributed by atoms with E-state index in [0.29, 0.717) is 30.3 Å². The number of fused-ring (bicyclic) bond motifs is 1. The average molecular weight is 248 g/mol. The highest BCUT2D eigenvalue weighted by molar-refractivity contribution is 5.84. The Morgan fingerprint density at radius 2 is 2.00 bits per heavy atom. The van der Waals surface area contributed by atoms with E-state index in [1.165, 1.54) is 6.08 Å². The van der Waals surface area contributed by atoms with Gasteiger partial charge in [0.15, 0.2) is 17.6 Å². The Balaban J connectivity index is 1.83. The van der Waals surface area contributed by atoms with E-state index in [-0.39, 0.29) is 0 Å². The van der Waals surface area contributed by atoms with Gasteiger partial charge in [0.05, 0.1) is 0 Å². The summed E-state index contributed by atoms with van der Waals surface area (Å²) in [6.07, 6.45) is 1.32. The van der Waals surface area contributed by atoms with Crippen LogP contribution in [0.5, 0.6) is 11.5 Å². The van der Waals surface area contributed by atoms with Crippen LogP contribution in [0.25, 0.3) is 0 Å². The molecule has 2 atom stereocenters. The van der Waals surface area contributed by atoms with Crippen LogP contribution in [0.4, 0.5) is 0 Å². The maximum atomic E-state index is 11.0. The van der Waals surface area contributed by atoms with E-state index in [0.717, 1.165) is 0 Å². The normalized spacial score (nSPS) is 22.7. The molecule has 5 nitrogen and oxygen atoms in total. The summed E-state index contributed by atoms with van der Waals surface area (Å²) in [7, 11) is 0. The minimum Gasteiger partial charge on any atom is -0.486 e. The van der Waals surface area contributed by atoms with Gasteiger partial charge in [-0.05, 0) is 23.8 Å². The van der Waals surface area contributed by atoms with Crippen molar-refractivity contribution in [1.82, 2.24) is 0 Å². The second-order valence-electron chi connectivity index (χ2n) is 4.11. The smallest absolute Gasteiger partial charge is 0.331 e. The number of hydrogen-bond acceptors (Lipinski definition) is 5. The predicted octanol–water partition coefficient (Wildman–Crippen LogP) is 0.973. The number of carbonyl (C=O) groups is 1. The van der Waals surface area contributed by atoms with Crippen LogP contribution in [0, 0.1) is 0 Å². The number of rotatable bonds is 2. The van der Waals surface area contributed by atoms with E-state index in [4.69, 9.17) is 14.2 Å². The van der Waals surface area contributed by atoms with Gasteiger partial charge < -0.3 is 19.3 Å².